The quantitative estimate of drug-likeness (QED) is 0.472. The van der Waals surface area contributed by atoms with E-state index in [4.69, 9.17) is 4.52 Å². The average molecular weight is 396 g/mol. The van der Waals surface area contributed by atoms with Gasteiger partial charge in [-0.3, -0.25) is 9.98 Å². The molecule has 2 aromatic heterocycles. The van der Waals surface area contributed by atoms with Crippen molar-refractivity contribution in [3.05, 3.63) is 65.9 Å². The maximum Gasteiger partial charge on any atom is 0.276 e. The number of rotatable bonds is 7. The lowest BCUT2D eigenvalue weighted by Gasteiger charge is -2.26. The number of pyridine rings is 1. The fourth-order valence-electron chi connectivity index (χ4n) is 2.78. The summed E-state index contributed by atoms with van der Waals surface area (Å²) in [5.41, 5.74) is 1.32. The fourth-order valence-corrected chi connectivity index (χ4v) is 2.78. The number of halogens is 1. The van der Waals surface area contributed by atoms with Crippen LogP contribution in [0.4, 0.5) is 4.39 Å². The molecule has 29 heavy (non-hydrogen) atoms. The van der Waals surface area contributed by atoms with Crippen LogP contribution in [0, 0.1) is 5.82 Å². The molecule has 2 N–H and O–H groups in total. The molecule has 7 nitrogen and oxygen atoms in total. The zero-order valence-corrected chi connectivity index (χ0v) is 16.8. The predicted octanol–water partition coefficient (Wildman–Crippen LogP) is 2.96. The summed E-state index contributed by atoms with van der Waals surface area (Å²) in [5, 5.41) is 10.5. The molecule has 0 spiro atoms. The maximum absolute atomic E-state index is 13.5. The molecule has 0 saturated carbocycles. The Kier molecular flexibility index (Phi) is 6.54. The first-order chi connectivity index (χ1) is 14.0. The van der Waals surface area contributed by atoms with E-state index in [9.17, 15) is 4.39 Å². The van der Waals surface area contributed by atoms with Crippen LogP contribution < -0.4 is 10.6 Å². The molecule has 0 bridgehead atoms. The van der Waals surface area contributed by atoms with Crippen LogP contribution in [0.1, 0.15) is 25.2 Å². The Morgan fingerprint density at radius 2 is 2.03 bits per heavy atom. The van der Waals surface area contributed by atoms with E-state index in [0.717, 1.165) is 5.56 Å². The summed E-state index contributed by atoms with van der Waals surface area (Å²) in [5.74, 6) is 1.42. The third-order valence-electron chi connectivity index (χ3n) is 4.52. The molecular weight excluding hydrogens is 371 g/mol. The number of hydrogen-bond acceptors (Lipinski definition) is 5. The molecule has 8 heteroatoms. The van der Waals surface area contributed by atoms with Crippen molar-refractivity contribution in [1.29, 1.82) is 0 Å². The van der Waals surface area contributed by atoms with E-state index >= 15 is 0 Å². The van der Waals surface area contributed by atoms with Gasteiger partial charge in [0.25, 0.3) is 5.89 Å². The molecule has 0 aliphatic rings. The van der Waals surface area contributed by atoms with Crippen molar-refractivity contribution in [1.82, 2.24) is 25.8 Å². The van der Waals surface area contributed by atoms with Gasteiger partial charge in [-0.25, -0.2) is 4.39 Å². The first-order valence-electron chi connectivity index (χ1n) is 9.42. The number of nitrogens with one attached hydrogen (secondary N) is 2. The van der Waals surface area contributed by atoms with Gasteiger partial charge in [-0.1, -0.05) is 37.2 Å². The minimum Gasteiger partial charge on any atom is -0.356 e. The SMILES string of the molecule is CN=C(NCCc1noc(-c2ccccn2)n1)NCC(C)(C)c1cccc(F)c1. The van der Waals surface area contributed by atoms with Crippen LogP contribution in [0.5, 0.6) is 0 Å². The molecule has 0 aliphatic carbocycles. The summed E-state index contributed by atoms with van der Waals surface area (Å²) in [7, 11) is 1.71. The van der Waals surface area contributed by atoms with E-state index in [0.29, 0.717) is 42.9 Å². The highest BCUT2D eigenvalue weighted by Gasteiger charge is 2.21. The molecule has 0 fully saturated rings. The summed E-state index contributed by atoms with van der Waals surface area (Å²) < 4.78 is 18.8. The van der Waals surface area contributed by atoms with Crippen molar-refractivity contribution in [3.63, 3.8) is 0 Å². The number of nitrogens with zero attached hydrogens (tertiary/aromatic N) is 4. The lowest BCUT2D eigenvalue weighted by molar-refractivity contribution is 0.421. The molecule has 2 heterocycles. The molecule has 3 rings (SSSR count). The second-order valence-corrected chi connectivity index (χ2v) is 7.23. The van der Waals surface area contributed by atoms with Crippen molar-refractivity contribution in [3.8, 4) is 11.6 Å². The molecule has 0 saturated heterocycles. The Bertz CT molecular complexity index is 955. The van der Waals surface area contributed by atoms with Gasteiger partial charge in [0.15, 0.2) is 11.8 Å². The third-order valence-corrected chi connectivity index (χ3v) is 4.52. The topological polar surface area (TPSA) is 88.2 Å². The van der Waals surface area contributed by atoms with E-state index in [1.54, 1.807) is 25.4 Å². The minimum absolute atomic E-state index is 0.233. The van der Waals surface area contributed by atoms with Crippen LogP contribution in [0.25, 0.3) is 11.6 Å². The number of guanidine groups is 1. The zero-order chi connectivity index (χ0) is 20.7. The Hall–Kier alpha value is -3.29. The van der Waals surface area contributed by atoms with Gasteiger partial charge < -0.3 is 15.2 Å². The summed E-state index contributed by atoms with van der Waals surface area (Å²) >= 11 is 0. The largest absolute Gasteiger partial charge is 0.356 e. The van der Waals surface area contributed by atoms with Crippen molar-refractivity contribution in [2.45, 2.75) is 25.7 Å². The molecular formula is C21H25FN6O. The molecule has 0 unspecified atom stereocenters. The molecule has 0 atom stereocenters. The van der Waals surface area contributed by atoms with Gasteiger partial charge in [0.05, 0.1) is 0 Å². The van der Waals surface area contributed by atoms with Crippen molar-refractivity contribution < 1.29 is 8.91 Å². The van der Waals surface area contributed by atoms with Crippen LogP contribution >= 0.6 is 0 Å². The highest BCUT2D eigenvalue weighted by Crippen LogP contribution is 2.22. The van der Waals surface area contributed by atoms with Gasteiger partial charge in [0, 0.05) is 38.2 Å². The van der Waals surface area contributed by atoms with E-state index < -0.39 is 0 Å². The van der Waals surface area contributed by atoms with Gasteiger partial charge in [-0.15, -0.1) is 0 Å². The summed E-state index contributed by atoms with van der Waals surface area (Å²) in [6, 6.07) is 12.2. The average Bonchev–Trinajstić information content (AvgIpc) is 3.20. The van der Waals surface area contributed by atoms with Crippen LogP contribution in [-0.2, 0) is 11.8 Å². The number of aromatic nitrogens is 3. The fraction of sp³-hybridized carbons (Fsp3) is 0.333. The summed E-state index contributed by atoms with van der Waals surface area (Å²) in [6.45, 7) is 5.30. The van der Waals surface area contributed by atoms with Crippen LogP contribution in [-0.4, -0.2) is 41.2 Å². The van der Waals surface area contributed by atoms with Gasteiger partial charge in [0.1, 0.15) is 11.5 Å². The maximum atomic E-state index is 13.5. The normalized spacial score (nSPS) is 12.1. The van der Waals surface area contributed by atoms with E-state index in [1.165, 1.54) is 6.07 Å². The van der Waals surface area contributed by atoms with Gasteiger partial charge in [-0.05, 0) is 29.8 Å². The molecule has 3 aromatic rings. The Labute approximate surface area is 169 Å². The Morgan fingerprint density at radius 1 is 1.17 bits per heavy atom. The Balaban J connectivity index is 1.49. The lowest BCUT2D eigenvalue weighted by Crippen LogP contribution is -2.44. The van der Waals surface area contributed by atoms with Crippen LogP contribution in [0.15, 0.2) is 58.2 Å². The van der Waals surface area contributed by atoms with Gasteiger partial charge >= 0.3 is 0 Å². The molecule has 1 aromatic carbocycles. The second-order valence-electron chi connectivity index (χ2n) is 7.23. The molecule has 152 valence electrons. The standard InChI is InChI=1S/C21H25FN6O/c1-21(2,15-7-6-8-16(22)13-15)14-26-20(23-3)25-12-10-18-27-19(29-28-18)17-9-4-5-11-24-17/h4-9,11,13H,10,12,14H2,1-3H3,(H2,23,25,26). The van der Waals surface area contributed by atoms with Crippen LogP contribution in [0.2, 0.25) is 0 Å². The number of hydrogen-bond donors (Lipinski definition) is 2. The smallest absolute Gasteiger partial charge is 0.276 e. The summed E-state index contributed by atoms with van der Waals surface area (Å²) in [6.07, 6.45) is 2.26. The Morgan fingerprint density at radius 3 is 2.76 bits per heavy atom. The highest BCUT2D eigenvalue weighted by atomic mass is 19.1. The van der Waals surface area contributed by atoms with Crippen molar-refractivity contribution >= 4 is 5.96 Å². The minimum atomic E-state index is -0.259. The zero-order valence-electron chi connectivity index (χ0n) is 16.8. The third kappa shape index (κ3) is 5.60. The summed E-state index contributed by atoms with van der Waals surface area (Å²) in [4.78, 5) is 12.8. The van der Waals surface area contributed by atoms with Crippen molar-refractivity contribution in [2.75, 3.05) is 20.1 Å². The van der Waals surface area contributed by atoms with Gasteiger partial charge in [-0.2, -0.15) is 4.98 Å². The molecule has 0 radical (unpaired) electrons. The van der Waals surface area contributed by atoms with Crippen molar-refractivity contribution in [2.24, 2.45) is 4.99 Å². The van der Waals surface area contributed by atoms with Gasteiger partial charge in [0.2, 0.25) is 0 Å². The second kappa shape index (κ2) is 9.27. The number of aliphatic imine (C=N–C) groups is 1. The first-order valence-corrected chi connectivity index (χ1v) is 9.42. The molecule has 0 aliphatic heterocycles. The van der Waals surface area contributed by atoms with E-state index in [-0.39, 0.29) is 11.2 Å². The lowest BCUT2D eigenvalue weighted by atomic mass is 9.84. The highest BCUT2D eigenvalue weighted by molar-refractivity contribution is 5.79. The van der Waals surface area contributed by atoms with Crippen LogP contribution in [0.3, 0.4) is 0 Å². The molecule has 0 amide bonds. The monoisotopic (exact) mass is 396 g/mol. The first kappa shape index (κ1) is 20.4. The van der Waals surface area contributed by atoms with E-state index in [2.05, 4.69) is 44.6 Å². The predicted molar refractivity (Wildman–Crippen MR) is 110 cm³/mol. The number of benzene rings is 1. The van der Waals surface area contributed by atoms with E-state index in [1.807, 2.05) is 24.3 Å².